The Hall–Kier alpha value is -3.60. The maximum absolute atomic E-state index is 12.6. The van der Waals surface area contributed by atoms with Crippen molar-refractivity contribution < 1.29 is 37.8 Å². The average Bonchev–Trinajstić information content (AvgIpc) is 2.61. The van der Waals surface area contributed by atoms with Gasteiger partial charge in [-0.2, -0.15) is 0 Å². The van der Waals surface area contributed by atoms with Crippen LogP contribution in [0.5, 0.6) is 5.75 Å². The maximum atomic E-state index is 12.6. The van der Waals surface area contributed by atoms with E-state index in [1.165, 1.54) is 18.2 Å². The van der Waals surface area contributed by atoms with Gasteiger partial charge in [-0.05, 0) is 43.3 Å². The topological polar surface area (TPSA) is 159 Å². The number of fused-ring (bicyclic) bond motifs is 1. The number of sulfonamides is 1. The zero-order valence-electron chi connectivity index (χ0n) is 14.3. The molecule has 10 nitrogen and oxygen atoms in total. The van der Waals surface area contributed by atoms with Crippen molar-refractivity contribution in [3.63, 3.8) is 0 Å². The number of ether oxygens (including phenoxy) is 1. The lowest BCUT2D eigenvalue weighted by Gasteiger charge is -2.23. The Morgan fingerprint density at radius 2 is 1.68 bits per heavy atom. The lowest BCUT2D eigenvalue weighted by molar-refractivity contribution is -0.122. The molecule has 0 radical (unpaired) electrons. The third kappa shape index (κ3) is 3.74. The van der Waals surface area contributed by atoms with Crippen LogP contribution in [-0.2, 0) is 14.8 Å². The van der Waals surface area contributed by atoms with E-state index in [9.17, 15) is 22.8 Å². The highest BCUT2D eigenvalue weighted by molar-refractivity contribution is 7.92. The Balaban J connectivity index is 1.97. The van der Waals surface area contributed by atoms with Crippen molar-refractivity contribution in [2.24, 2.45) is 0 Å². The van der Waals surface area contributed by atoms with E-state index in [0.717, 1.165) is 18.2 Å². The molecule has 0 fully saturated rings. The number of carbonyl (C=O) groups is 3. The standard InChI is InChI=1S/C17H14N2O8S/c1-8-15(20)18-13-7-12(2-3-14(13)27-8)28(25,26)19-11-5-9(16(21)22)4-10(6-11)17(23)24/h2-8,19H,1H3,(H,18,20)(H,21,22)(H,23,24). The number of amides is 1. The largest absolute Gasteiger partial charge is 0.479 e. The first-order valence-electron chi connectivity index (χ1n) is 7.83. The minimum atomic E-state index is -4.21. The molecule has 11 heteroatoms. The van der Waals surface area contributed by atoms with Crippen molar-refractivity contribution in [3.8, 4) is 5.75 Å². The van der Waals surface area contributed by atoms with E-state index in [-0.39, 0.29) is 16.3 Å². The van der Waals surface area contributed by atoms with Crippen molar-refractivity contribution in [1.82, 2.24) is 0 Å². The van der Waals surface area contributed by atoms with Gasteiger partial charge in [-0.15, -0.1) is 0 Å². The van der Waals surface area contributed by atoms with Crippen molar-refractivity contribution >= 4 is 39.2 Å². The van der Waals surface area contributed by atoms with E-state index in [2.05, 4.69) is 10.0 Å². The number of benzene rings is 2. The molecule has 1 aliphatic heterocycles. The minimum Gasteiger partial charge on any atom is -0.479 e. The lowest BCUT2D eigenvalue weighted by Crippen LogP contribution is -2.34. The monoisotopic (exact) mass is 406 g/mol. The summed E-state index contributed by atoms with van der Waals surface area (Å²) in [7, 11) is -4.21. The summed E-state index contributed by atoms with van der Waals surface area (Å²) in [4.78, 5) is 33.8. The van der Waals surface area contributed by atoms with Crippen molar-refractivity contribution in [2.75, 3.05) is 10.0 Å². The predicted molar refractivity (Wildman–Crippen MR) is 96.3 cm³/mol. The number of carboxylic acid groups (broad SMARTS) is 2. The molecule has 0 spiro atoms. The van der Waals surface area contributed by atoms with Gasteiger partial charge in [-0.1, -0.05) is 0 Å². The van der Waals surface area contributed by atoms with Crippen LogP contribution in [0.2, 0.25) is 0 Å². The highest BCUT2D eigenvalue weighted by Crippen LogP contribution is 2.32. The molecule has 2 aromatic rings. The molecule has 0 bridgehead atoms. The van der Waals surface area contributed by atoms with E-state index in [0.29, 0.717) is 5.75 Å². The Kier molecular flexibility index (Phi) is 4.69. The maximum Gasteiger partial charge on any atom is 0.335 e. The zero-order chi connectivity index (χ0) is 20.6. The number of hydrogen-bond acceptors (Lipinski definition) is 6. The summed E-state index contributed by atoms with van der Waals surface area (Å²) in [5.41, 5.74) is -0.851. The predicted octanol–water partition coefficient (Wildman–Crippen LogP) is 1.60. The van der Waals surface area contributed by atoms with E-state index in [1.54, 1.807) is 6.92 Å². The summed E-state index contributed by atoms with van der Waals surface area (Å²) in [5.74, 6) is -2.96. The fourth-order valence-corrected chi connectivity index (χ4v) is 3.57. The molecule has 0 saturated carbocycles. The first-order valence-corrected chi connectivity index (χ1v) is 9.31. The lowest BCUT2D eigenvalue weighted by atomic mass is 10.1. The molecular formula is C17H14N2O8S. The SMILES string of the molecule is CC1Oc2ccc(S(=O)(=O)Nc3cc(C(=O)O)cc(C(=O)O)c3)cc2NC1=O. The number of aromatic carboxylic acids is 2. The molecule has 2 aromatic carbocycles. The molecule has 1 aliphatic rings. The first-order chi connectivity index (χ1) is 13.1. The smallest absolute Gasteiger partial charge is 0.335 e. The molecule has 0 saturated heterocycles. The molecule has 1 atom stereocenters. The van der Waals surface area contributed by atoms with Crippen molar-refractivity contribution in [2.45, 2.75) is 17.9 Å². The van der Waals surface area contributed by atoms with Gasteiger partial charge < -0.3 is 20.3 Å². The number of anilines is 2. The Bertz CT molecular complexity index is 1080. The highest BCUT2D eigenvalue weighted by Gasteiger charge is 2.26. The molecule has 4 N–H and O–H groups in total. The third-order valence-corrected chi connectivity index (χ3v) is 5.25. The van der Waals surface area contributed by atoms with Crippen LogP contribution in [-0.4, -0.2) is 42.6 Å². The minimum absolute atomic E-state index is 0.163. The van der Waals surface area contributed by atoms with Crippen LogP contribution < -0.4 is 14.8 Å². The fraction of sp³-hybridized carbons (Fsp3) is 0.118. The van der Waals surface area contributed by atoms with Crippen LogP contribution in [0, 0.1) is 0 Å². The Labute approximate surface area is 158 Å². The van der Waals surface area contributed by atoms with Crippen LogP contribution in [0.4, 0.5) is 11.4 Å². The second-order valence-electron chi connectivity index (χ2n) is 5.92. The number of rotatable bonds is 5. The molecule has 28 heavy (non-hydrogen) atoms. The van der Waals surface area contributed by atoms with E-state index in [1.807, 2.05) is 0 Å². The van der Waals surface area contributed by atoms with Crippen LogP contribution >= 0.6 is 0 Å². The van der Waals surface area contributed by atoms with Crippen molar-refractivity contribution in [1.29, 1.82) is 0 Å². The second-order valence-corrected chi connectivity index (χ2v) is 7.60. The normalized spacial score (nSPS) is 15.8. The van der Waals surface area contributed by atoms with E-state index in [4.69, 9.17) is 14.9 Å². The summed E-state index contributed by atoms with van der Waals surface area (Å²) in [6.45, 7) is 1.54. The third-order valence-electron chi connectivity index (χ3n) is 3.87. The first kappa shape index (κ1) is 19.2. The van der Waals surface area contributed by atoms with Crippen LogP contribution in [0.3, 0.4) is 0 Å². The summed E-state index contributed by atoms with van der Waals surface area (Å²) >= 11 is 0. The zero-order valence-corrected chi connectivity index (χ0v) is 15.1. The molecule has 146 valence electrons. The summed E-state index contributed by atoms with van der Waals surface area (Å²) < 4.78 is 32.8. The van der Waals surface area contributed by atoms with Crippen molar-refractivity contribution in [3.05, 3.63) is 47.5 Å². The van der Waals surface area contributed by atoms with Gasteiger partial charge in [0.25, 0.3) is 15.9 Å². The molecular weight excluding hydrogens is 392 g/mol. The van der Waals surface area contributed by atoms with Gasteiger partial charge in [-0.25, -0.2) is 18.0 Å². The van der Waals surface area contributed by atoms with Crippen LogP contribution in [0.25, 0.3) is 0 Å². The van der Waals surface area contributed by atoms with Gasteiger partial charge in [-0.3, -0.25) is 9.52 Å². The van der Waals surface area contributed by atoms with Crippen LogP contribution in [0.15, 0.2) is 41.3 Å². The molecule has 1 amide bonds. The van der Waals surface area contributed by atoms with E-state index < -0.39 is 45.1 Å². The molecule has 0 aromatic heterocycles. The highest BCUT2D eigenvalue weighted by atomic mass is 32.2. The Morgan fingerprint density at radius 3 is 2.25 bits per heavy atom. The van der Waals surface area contributed by atoms with Gasteiger partial charge in [0, 0.05) is 0 Å². The summed E-state index contributed by atoms with van der Waals surface area (Å²) in [5, 5.41) is 20.7. The number of carbonyl (C=O) groups excluding carboxylic acids is 1. The molecule has 3 rings (SSSR count). The Morgan fingerprint density at radius 1 is 1.07 bits per heavy atom. The van der Waals surface area contributed by atoms with E-state index >= 15 is 0 Å². The van der Waals surface area contributed by atoms with Gasteiger partial charge in [0.1, 0.15) is 5.75 Å². The fourth-order valence-electron chi connectivity index (χ4n) is 2.50. The average molecular weight is 406 g/mol. The van der Waals surface area contributed by atoms with Gasteiger partial charge in [0.05, 0.1) is 27.4 Å². The van der Waals surface area contributed by atoms with Gasteiger partial charge in [0.15, 0.2) is 6.10 Å². The number of hydrogen-bond donors (Lipinski definition) is 4. The summed E-state index contributed by atoms with van der Waals surface area (Å²) in [6, 6.07) is 6.70. The molecule has 0 aliphatic carbocycles. The molecule has 1 unspecified atom stereocenters. The number of carboxylic acids is 2. The molecule has 1 heterocycles. The number of nitrogens with one attached hydrogen (secondary N) is 2. The summed E-state index contributed by atoms with van der Waals surface area (Å²) in [6.07, 6.45) is -0.721. The van der Waals surface area contributed by atoms with Gasteiger partial charge >= 0.3 is 11.9 Å². The van der Waals surface area contributed by atoms with Gasteiger partial charge in [0.2, 0.25) is 0 Å². The van der Waals surface area contributed by atoms with Crippen LogP contribution in [0.1, 0.15) is 27.6 Å². The second kappa shape index (κ2) is 6.85. The quantitative estimate of drug-likeness (QED) is 0.583.